The molecule has 21 heavy (non-hydrogen) atoms. The van der Waals surface area contributed by atoms with Crippen molar-refractivity contribution < 1.29 is 0 Å². The summed E-state index contributed by atoms with van der Waals surface area (Å²) in [4.78, 5) is 10.8. The quantitative estimate of drug-likeness (QED) is 0.868. The molecule has 4 nitrogen and oxygen atoms in total. The Hall–Kier alpha value is -2.10. The highest BCUT2D eigenvalue weighted by atomic mass is 15.2. The van der Waals surface area contributed by atoms with Crippen LogP contribution in [0.4, 0.5) is 17.3 Å². The Morgan fingerprint density at radius 1 is 1.10 bits per heavy atom. The molecule has 0 aliphatic rings. The maximum atomic E-state index is 4.34. The van der Waals surface area contributed by atoms with Crippen LogP contribution in [0.15, 0.2) is 30.6 Å². The molecule has 112 valence electrons. The summed E-state index contributed by atoms with van der Waals surface area (Å²) in [5.41, 5.74) is 3.62. The minimum absolute atomic E-state index is 0.826. The van der Waals surface area contributed by atoms with Crippen LogP contribution < -0.4 is 10.2 Å². The fourth-order valence-corrected chi connectivity index (χ4v) is 2.10. The first-order valence-electron chi connectivity index (χ1n) is 7.47. The Morgan fingerprint density at radius 2 is 1.90 bits per heavy atom. The van der Waals surface area contributed by atoms with Crippen LogP contribution in [-0.4, -0.2) is 23.6 Å². The molecule has 0 spiro atoms. The normalized spacial score (nSPS) is 10.5. The molecule has 0 aliphatic heterocycles. The first kappa shape index (κ1) is 15.3. The summed E-state index contributed by atoms with van der Waals surface area (Å²) in [5, 5.41) is 3.35. The van der Waals surface area contributed by atoms with Gasteiger partial charge in [-0.05, 0) is 43.5 Å². The third-order valence-electron chi connectivity index (χ3n) is 3.67. The molecule has 0 bridgehead atoms. The summed E-state index contributed by atoms with van der Waals surface area (Å²) in [5.74, 6) is 1.77. The smallest absolute Gasteiger partial charge is 0.135 e. The van der Waals surface area contributed by atoms with E-state index < -0.39 is 0 Å². The van der Waals surface area contributed by atoms with Gasteiger partial charge in [-0.3, -0.25) is 0 Å². The van der Waals surface area contributed by atoms with Crippen molar-refractivity contribution in [2.24, 2.45) is 0 Å². The fraction of sp³-hybridized carbons (Fsp3) is 0.412. The van der Waals surface area contributed by atoms with Gasteiger partial charge in [0.1, 0.15) is 18.0 Å². The Labute approximate surface area is 127 Å². The minimum atomic E-state index is 0.826. The highest BCUT2D eigenvalue weighted by Crippen LogP contribution is 2.20. The summed E-state index contributed by atoms with van der Waals surface area (Å²) in [6.07, 6.45) is 3.96. The highest BCUT2D eigenvalue weighted by molar-refractivity contribution is 5.60. The first-order chi connectivity index (χ1) is 10.1. The molecule has 0 amide bonds. The topological polar surface area (TPSA) is 41.0 Å². The number of anilines is 3. The lowest BCUT2D eigenvalue weighted by Gasteiger charge is -2.18. The van der Waals surface area contributed by atoms with Crippen LogP contribution in [0.1, 0.15) is 30.9 Å². The maximum absolute atomic E-state index is 4.34. The molecule has 0 aliphatic carbocycles. The second-order valence-electron chi connectivity index (χ2n) is 5.46. The molecular weight excluding hydrogens is 260 g/mol. The van der Waals surface area contributed by atoms with E-state index in [-0.39, 0.29) is 0 Å². The number of unbranched alkanes of at least 4 members (excludes halogenated alkanes) is 1. The summed E-state index contributed by atoms with van der Waals surface area (Å²) >= 11 is 0. The predicted molar refractivity (Wildman–Crippen MR) is 89.4 cm³/mol. The zero-order valence-electron chi connectivity index (χ0n) is 13.3. The number of rotatable bonds is 6. The van der Waals surface area contributed by atoms with Crippen molar-refractivity contribution in [2.45, 2.75) is 33.6 Å². The standard InChI is InChI=1S/C17H24N4/c1-5-6-9-21(4)17-11-16(18-12-19-17)20-15-8-7-13(2)14(3)10-15/h7-8,10-12H,5-6,9H2,1-4H3,(H,18,19,20). The van der Waals surface area contributed by atoms with E-state index >= 15 is 0 Å². The van der Waals surface area contributed by atoms with Crippen LogP contribution in [0.3, 0.4) is 0 Å². The van der Waals surface area contributed by atoms with Gasteiger partial charge in [0.15, 0.2) is 0 Å². The lowest BCUT2D eigenvalue weighted by molar-refractivity contribution is 0.758. The van der Waals surface area contributed by atoms with Gasteiger partial charge in [0, 0.05) is 25.3 Å². The van der Waals surface area contributed by atoms with Gasteiger partial charge in [0.2, 0.25) is 0 Å². The van der Waals surface area contributed by atoms with Gasteiger partial charge in [0.25, 0.3) is 0 Å². The van der Waals surface area contributed by atoms with Crippen molar-refractivity contribution in [3.8, 4) is 0 Å². The number of hydrogen-bond acceptors (Lipinski definition) is 4. The van der Waals surface area contributed by atoms with Crippen LogP contribution in [0.2, 0.25) is 0 Å². The number of benzene rings is 1. The van der Waals surface area contributed by atoms with E-state index in [4.69, 9.17) is 0 Å². The Balaban J connectivity index is 2.11. The highest BCUT2D eigenvalue weighted by Gasteiger charge is 2.05. The van der Waals surface area contributed by atoms with Gasteiger partial charge >= 0.3 is 0 Å². The van der Waals surface area contributed by atoms with Crippen LogP contribution in [0, 0.1) is 13.8 Å². The van der Waals surface area contributed by atoms with E-state index in [9.17, 15) is 0 Å². The van der Waals surface area contributed by atoms with E-state index in [1.807, 2.05) is 6.07 Å². The number of aromatic nitrogens is 2. The van der Waals surface area contributed by atoms with E-state index in [0.717, 1.165) is 23.9 Å². The molecule has 1 N–H and O–H groups in total. The largest absolute Gasteiger partial charge is 0.360 e. The van der Waals surface area contributed by atoms with E-state index in [1.54, 1.807) is 6.33 Å². The molecule has 1 aromatic carbocycles. The van der Waals surface area contributed by atoms with Gasteiger partial charge in [0.05, 0.1) is 0 Å². The summed E-state index contributed by atoms with van der Waals surface area (Å²) in [6, 6.07) is 8.32. The number of nitrogens with zero attached hydrogens (tertiary/aromatic N) is 3. The molecule has 2 rings (SSSR count). The monoisotopic (exact) mass is 284 g/mol. The molecule has 0 fully saturated rings. The number of aryl methyl sites for hydroxylation is 2. The molecule has 0 radical (unpaired) electrons. The van der Waals surface area contributed by atoms with Crippen LogP contribution in [0.5, 0.6) is 0 Å². The number of nitrogens with one attached hydrogen (secondary N) is 1. The molecule has 0 saturated carbocycles. The minimum Gasteiger partial charge on any atom is -0.360 e. The van der Waals surface area contributed by atoms with Gasteiger partial charge < -0.3 is 10.2 Å². The fourth-order valence-electron chi connectivity index (χ4n) is 2.10. The molecule has 2 aromatic rings. The van der Waals surface area contributed by atoms with Gasteiger partial charge in [-0.2, -0.15) is 0 Å². The van der Waals surface area contributed by atoms with Gasteiger partial charge in [-0.25, -0.2) is 9.97 Å². The molecule has 4 heteroatoms. The van der Waals surface area contributed by atoms with Crippen LogP contribution >= 0.6 is 0 Å². The molecule has 0 atom stereocenters. The molecule has 1 heterocycles. The van der Waals surface area contributed by atoms with E-state index in [2.05, 4.69) is 66.2 Å². The van der Waals surface area contributed by atoms with Crippen LogP contribution in [-0.2, 0) is 0 Å². The van der Waals surface area contributed by atoms with Crippen molar-refractivity contribution in [1.29, 1.82) is 0 Å². The Kier molecular flexibility index (Phi) is 5.14. The second-order valence-corrected chi connectivity index (χ2v) is 5.46. The average molecular weight is 284 g/mol. The van der Waals surface area contributed by atoms with Gasteiger partial charge in [-0.15, -0.1) is 0 Å². The van der Waals surface area contributed by atoms with Gasteiger partial charge in [-0.1, -0.05) is 19.4 Å². The van der Waals surface area contributed by atoms with Crippen LogP contribution in [0.25, 0.3) is 0 Å². The third-order valence-corrected chi connectivity index (χ3v) is 3.67. The zero-order valence-corrected chi connectivity index (χ0v) is 13.3. The maximum Gasteiger partial charge on any atom is 0.135 e. The van der Waals surface area contributed by atoms with Crippen molar-refractivity contribution in [1.82, 2.24) is 9.97 Å². The van der Waals surface area contributed by atoms with E-state index in [0.29, 0.717) is 0 Å². The zero-order chi connectivity index (χ0) is 15.2. The Bertz CT molecular complexity index is 595. The molecular formula is C17H24N4. The second kappa shape index (κ2) is 7.07. The lowest BCUT2D eigenvalue weighted by Crippen LogP contribution is -2.19. The number of hydrogen-bond donors (Lipinski definition) is 1. The summed E-state index contributed by atoms with van der Waals surface area (Å²) < 4.78 is 0. The van der Waals surface area contributed by atoms with Crippen molar-refractivity contribution >= 4 is 17.3 Å². The van der Waals surface area contributed by atoms with Crippen molar-refractivity contribution in [2.75, 3.05) is 23.8 Å². The molecule has 1 aromatic heterocycles. The predicted octanol–water partition coefficient (Wildman–Crippen LogP) is 4.07. The summed E-state index contributed by atoms with van der Waals surface area (Å²) in [7, 11) is 2.07. The summed E-state index contributed by atoms with van der Waals surface area (Å²) in [6.45, 7) is 7.44. The first-order valence-corrected chi connectivity index (χ1v) is 7.47. The molecule has 0 saturated heterocycles. The average Bonchev–Trinajstić information content (AvgIpc) is 2.49. The lowest BCUT2D eigenvalue weighted by atomic mass is 10.1. The third kappa shape index (κ3) is 4.18. The SMILES string of the molecule is CCCCN(C)c1cc(Nc2ccc(C)c(C)c2)ncn1. The molecule has 0 unspecified atom stereocenters. The Morgan fingerprint density at radius 3 is 2.62 bits per heavy atom. The van der Waals surface area contributed by atoms with E-state index in [1.165, 1.54) is 24.0 Å². The van der Waals surface area contributed by atoms with Crippen molar-refractivity contribution in [3.05, 3.63) is 41.7 Å². The van der Waals surface area contributed by atoms with Crippen molar-refractivity contribution in [3.63, 3.8) is 0 Å².